The monoisotopic (exact) mass is 1310 g/mol. The second kappa shape index (κ2) is 28.4. The number of fused-ring (bicyclic) bond motifs is 2. The molecule has 0 saturated carbocycles. The average Bonchev–Trinajstić information content (AvgIpc) is 0.756. The van der Waals surface area contributed by atoms with Gasteiger partial charge >= 0.3 is 35.8 Å². The lowest BCUT2D eigenvalue weighted by molar-refractivity contribution is -0.193. The Bertz CT molecular complexity index is 3530. The van der Waals surface area contributed by atoms with E-state index in [-0.39, 0.29) is 83.7 Å². The van der Waals surface area contributed by atoms with E-state index in [9.17, 15) is 47.9 Å². The van der Waals surface area contributed by atoms with E-state index in [4.69, 9.17) is 42.6 Å². The summed E-state index contributed by atoms with van der Waals surface area (Å²) < 4.78 is 49.5. The Hall–Kier alpha value is -7.44. The van der Waals surface area contributed by atoms with E-state index in [1.165, 1.54) is 25.7 Å². The summed E-state index contributed by atoms with van der Waals surface area (Å²) in [6, 6.07) is 8.28. The number of imide groups is 2. The predicted octanol–water partition coefficient (Wildman–Crippen LogP) is 9.47. The Labute approximate surface area is 513 Å². The first-order chi connectivity index (χ1) is 40.7. The van der Waals surface area contributed by atoms with Crippen molar-refractivity contribution < 1.29 is 90.6 Å². The lowest BCUT2D eigenvalue weighted by Gasteiger charge is -2.36. The first-order valence-corrected chi connectivity index (χ1v) is 29.3. The van der Waals surface area contributed by atoms with E-state index in [1.54, 1.807) is 43.5 Å². The molecule has 7 rings (SSSR count). The maximum absolute atomic E-state index is 15.0. The molecule has 86 heavy (non-hydrogen) atoms. The van der Waals surface area contributed by atoms with Crippen LogP contribution in [0, 0.1) is 11.8 Å². The topological polar surface area (TPSA) is 260 Å². The number of methoxy groups -OCH3 is 1. The van der Waals surface area contributed by atoms with Gasteiger partial charge in [-0.2, -0.15) is 0 Å². The first kappa shape index (κ1) is 66.1. The van der Waals surface area contributed by atoms with Crippen molar-refractivity contribution in [2.45, 2.75) is 91.8 Å². The van der Waals surface area contributed by atoms with Crippen LogP contribution in [0.25, 0.3) is 43.1 Å². The van der Waals surface area contributed by atoms with Gasteiger partial charge in [-0.15, -0.1) is 0 Å². The number of ether oxygens (including phenoxy) is 9. The normalized spacial score (nSPS) is 13.9. The zero-order valence-electron chi connectivity index (χ0n) is 49.2. The fourth-order valence-corrected chi connectivity index (χ4v) is 11.6. The van der Waals surface area contributed by atoms with Gasteiger partial charge in [-0.3, -0.25) is 38.6 Å². The lowest BCUT2D eigenvalue weighted by Crippen LogP contribution is -2.50. The molecule has 2 atom stereocenters. The number of benzene rings is 5. The molecule has 0 aromatic heterocycles. The molecule has 23 heteroatoms. The highest BCUT2D eigenvalue weighted by molar-refractivity contribution is 9.11. The molecular formula is C63H68Br2N2O19. The van der Waals surface area contributed by atoms with Gasteiger partial charge in [0.2, 0.25) is 5.60 Å². The van der Waals surface area contributed by atoms with Crippen LogP contribution < -0.4 is 0 Å². The molecule has 0 radical (unpaired) electrons. The van der Waals surface area contributed by atoms with Crippen molar-refractivity contribution in [3.05, 3.63) is 104 Å². The van der Waals surface area contributed by atoms with Crippen molar-refractivity contribution in [2.75, 3.05) is 73.2 Å². The predicted molar refractivity (Wildman–Crippen MR) is 321 cm³/mol. The van der Waals surface area contributed by atoms with E-state index in [1.807, 2.05) is 27.7 Å². The van der Waals surface area contributed by atoms with Crippen molar-refractivity contribution in [1.29, 1.82) is 0 Å². The fourth-order valence-electron chi connectivity index (χ4n) is 10.3. The largest absolute Gasteiger partial charge is 0.463 e. The van der Waals surface area contributed by atoms with Crippen molar-refractivity contribution in [1.82, 2.24) is 9.80 Å². The minimum Gasteiger partial charge on any atom is -0.463 e. The van der Waals surface area contributed by atoms with Gasteiger partial charge in [0.1, 0.15) is 39.6 Å². The number of hydrogen-bond donors (Lipinski definition) is 0. The van der Waals surface area contributed by atoms with E-state index in [0.29, 0.717) is 71.7 Å². The lowest BCUT2D eigenvalue weighted by atomic mass is 9.81. The Morgan fingerprint density at radius 3 is 1.29 bits per heavy atom. The highest BCUT2D eigenvalue weighted by Crippen LogP contribution is 2.51. The molecule has 4 amide bonds. The van der Waals surface area contributed by atoms with Crippen molar-refractivity contribution in [3.63, 3.8) is 0 Å². The number of amides is 4. The molecular weight excluding hydrogens is 1250 g/mol. The molecule has 0 bridgehead atoms. The van der Waals surface area contributed by atoms with Crippen LogP contribution in [0.2, 0.25) is 0 Å². The number of nitrogens with zero attached hydrogens (tertiary/aromatic N) is 2. The molecule has 0 saturated heterocycles. The smallest absolute Gasteiger partial charge is 0.333 e. The van der Waals surface area contributed by atoms with Crippen LogP contribution >= 0.6 is 31.9 Å². The Kier molecular flexibility index (Phi) is 21.8. The number of hydrogen-bond acceptors (Lipinski definition) is 19. The summed E-state index contributed by atoms with van der Waals surface area (Å²) in [5.41, 5.74) is -1.30. The summed E-state index contributed by atoms with van der Waals surface area (Å²) in [7, 11) is 1.56. The van der Waals surface area contributed by atoms with Gasteiger partial charge in [0.15, 0.2) is 0 Å². The van der Waals surface area contributed by atoms with Crippen LogP contribution in [0.5, 0.6) is 0 Å². The molecule has 0 spiro atoms. The SMILES string of the molecule is C=C(C)C(=O)OCC(COC(=O)C(=C)C)(COC(=O)C(=C)C)OC(=O)CCC(=O)OCC(CC(C)C)N1C(=O)c2ccc3c4c(Br)cc5c6c(ccc(c7c(Br)cc(c2c37)C1=O)c64)C(=O)N(C(COC(=O)COCCOCCOC)CC(C)C)C5=O. The van der Waals surface area contributed by atoms with E-state index >= 15 is 0 Å². The molecule has 21 nitrogen and oxygen atoms in total. The minimum atomic E-state index is -2.11. The third-order valence-electron chi connectivity index (χ3n) is 14.2. The number of carbonyl (C=O) groups excluding carboxylic acids is 10. The summed E-state index contributed by atoms with van der Waals surface area (Å²) in [4.78, 5) is 139. The average molecular weight is 1320 g/mol. The third kappa shape index (κ3) is 14.5. The number of halogens is 2. The maximum atomic E-state index is 15.0. The van der Waals surface area contributed by atoms with Gasteiger partial charge in [-0.25, -0.2) is 19.2 Å². The highest BCUT2D eigenvalue weighted by atomic mass is 79.9. The fraction of sp³-hybridized carbons (Fsp3) is 0.429. The van der Waals surface area contributed by atoms with Gasteiger partial charge in [0.25, 0.3) is 23.6 Å². The Balaban J connectivity index is 1.14. The van der Waals surface area contributed by atoms with Gasteiger partial charge in [0, 0.05) is 87.3 Å². The number of esters is 6. The van der Waals surface area contributed by atoms with Gasteiger partial charge in [-0.1, -0.05) is 91.4 Å². The van der Waals surface area contributed by atoms with Crippen LogP contribution in [0.1, 0.15) is 116 Å². The molecule has 0 aliphatic carbocycles. The molecule has 5 aromatic rings. The summed E-state index contributed by atoms with van der Waals surface area (Å²) in [5.74, 6) is -7.94. The third-order valence-corrected chi connectivity index (χ3v) is 15.5. The standard InChI is InChI=1S/C63H68Br2N2O19/c1-32(2)22-37(26-81-47(68)16-17-48(69)86-63(29-83-60(75)34(5)6,30-84-61(76)35(7)8)31-85-62(77)36(9)10)66-56(71)41-14-12-39-53-46(65)25-44-51-42(15-13-40(55(51)53)52-45(64)24-43(58(66)73)50(41)54(39)52)57(72)67(59(44)74)38(23-33(3)4)27-82-49(70)28-80-21-20-79-19-18-78-11/h12-15,24-25,32-33,37-38H,5,7,9,16-23,26-31H2,1-4,6,8,10-11H3. The second-order valence-electron chi connectivity index (χ2n) is 22.2. The highest BCUT2D eigenvalue weighted by Gasteiger charge is 2.44. The maximum Gasteiger partial charge on any atom is 0.333 e. The van der Waals surface area contributed by atoms with Crippen LogP contribution in [-0.2, 0) is 71.4 Å². The Morgan fingerprint density at radius 2 is 0.884 bits per heavy atom. The summed E-state index contributed by atoms with van der Waals surface area (Å²) in [5, 5.41) is 4.44. The Morgan fingerprint density at radius 1 is 0.500 bits per heavy atom. The molecule has 0 fully saturated rings. The summed E-state index contributed by atoms with van der Waals surface area (Å²) in [6.07, 6.45) is -0.682. The van der Waals surface area contributed by atoms with Crippen molar-refractivity contribution >= 4 is 134 Å². The summed E-state index contributed by atoms with van der Waals surface area (Å²) >= 11 is 7.55. The van der Waals surface area contributed by atoms with E-state index in [0.717, 1.165) is 4.90 Å². The molecule has 2 aliphatic heterocycles. The zero-order chi connectivity index (χ0) is 63.1. The summed E-state index contributed by atoms with van der Waals surface area (Å²) in [6.45, 7) is 20.1. The van der Waals surface area contributed by atoms with Gasteiger partial charge in [0.05, 0.1) is 51.4 Å². The van der Waals surface area contributed by atoms with Gasteiger partial charge < -0.3 is 42.6 Å². The van der Waals surface area contributed by atoms with E-state index < -0.39 is 116 Å². The van der Waals surface area contributed by atoms with Crippen LogP contribution in [-0.4, -0.2) is 160 Å². The van der Waals surface area contributed by atoms with Crippen molar-refractivity contribution in [3.8, 4) is 0 Å². The van der Waals surface area contributed by atoms with Crippen molar-refractivity contribution in [2.24, 2.45) is 11.8 Å². The van der Waals surface area contributed by atoms with Crippen LogP contribution in [0.3, 0.4) is 0 Å². The second-order valence-corrected chi connectivity index (χ2v) is 23.9. The molecule has 2 heterocycles. The molecule has 2 unspecified atom stereocenters. The van der Waals surface area contributed by atoms with Crippen LogP contribution in [0.4, 0.5) is 0 Å². The molecule has 458 valence electrons. The molecule has 2 aliphatic rings. The van der Waals surface area contributed by atoms with E-state index in [2.05, 4.69) is 51.6 Å². The van der Waals surface area contributed by atoms with Gasteiger partial charge in [-0.05, 0) is 80.5 Å². The number of rotatable bonds is 31. The van der Waals surface area contributed by atoms with Crippen LogP contribution in [0.15, 0.2) is 81.8 Å². The molecule has 0 N–H and O–H groups in total. The number of carbonyl (C=O) groups is 10. The molecule has 5 aromatic carbocycles. The zero-order valence-corrected chi connectivity index (χ0v) is 52.4. The first-order valence-electron chi connectivity index (χ1n) is 27.7. The quantitative estimate of drug-likeness (QED) is 0.00760. The minimum absolute atomic E-state index is 0.00655.